The van der Waals surface area contributed by atoms with Gasteiger partial charge in [-0.05, 0) is 44.0 Å². The lowest BCUT2D eigenvalue weighted by Crippen LogP contribution is -2.58. The number of carbonyl (C=O) groups is 3. The van der Waals surface area contributed by atoms with E-state index in [0.29, 0.717) is 4.85 Å². The molecule has 216 valence electrons. The van der Waals surface area contributed by atoms with Crippen molar-refractivity contribution in [2.24, 2.45) is 0 Å². The number of alkyl halides is 3. The van der Waals surface area contributed by atoms with E-state index in [1.807, 2.05) is 37.3 Å². The molecule has 1 saturated heterocycles. The number of halogens is 4. The van der Waals surface area contributed by atoms with E-state index in [4.69, 9.17) is 0 Å². The Bertz CT molecular complexity index is 1560. The first-order valence-corrected chi connectivity index (χ1v) is 12.6. The van der Waals surface area contributed by atoms with E-state index in [1.54, 1.807) is 4.90 Å². The zero-order valence-electron chi connectivity index (χ0n) is 22.4. The summed E-state index contributed by atoms with van der Waals surface area (Å²) in [5.74, 6) is -4.43. The number of hydrogen-bond donors (Lipinski definition) is 1. The number of rotatable bonds is 6. The number of nitrogens with zero attached hydrogens (tertiary/aromatic N) is 3. The average molecular weight is 576 g/mol. The first-order chi connectivity index (χ1) is 19.3. The Morgan fingerprint density at radius 2 is 1.73 bits per heavy atom. The van der Waals surface area contributed by atoms with Crippen LogP contribution in [-0.2, 0) is 16.0 Å². The van der Waals surface area contributed by atoms with Crippen molar-refractivity contribution in [2.75, 3.05) is 19.6 Å². The number of amides is 2. The molecular formula is C28H27F4N4O5+. The van der Waals surface area contributed by atoms with Crippen LogP contribution in [0.1, 0.15) is 51.3 Å². The fourth-order valence-electron chi connectivity index (χ4n) is 4.59. The molecule has 0 saturated carbocycles. The molecule has 1 aliphatic rings. The van der Waals surface area contributed by atoms with Crippen LogP contribution in [-0.4, -0.2) is 58.5 Å². The minimum Gasteiger partial charge on any atom is -0.333 e. The molecule has 0 bridgehead atoms. The molecule has 41 heavy (non-hydrogen) atoms. The highest BCUT2D eigenvalue weighted by Crippen LogP contribution is 2.24. The molecule has 1 fully saturated rings. The Labute approximate surface area is 231 Å². The van der Waals surface area contributed by atoms with E-state index in [1.165, 1.54) is 30.9 Å². The molecule has 1 N–H and O–H groups in total. The third-order valence-electron chi connectivity index (χ3n) is 7.12. The van der Waals surface area contributed by atoms with Crippen LogP contribution in [0.25, 0.3) is 0 Å². The molecule has 2 heterocycles. The number of nitrogens with one attached hydrogen (secondary N) is 1. The molecule has 2 aromatic carbocycles. The summed E-state index contributed by atoms with van der Waals surface area (Å²) in [6.45, 7) is 4.91. The molecule has 0 spiro atoms. The highest BCUT2D eigenvalue weighted by molar-refractivity contribution is 5.97. The van der Waals surface area contributed by atoms with Crippen molar-refractivity contribution in [3.8, 4) is 0 Å². The molecule has 9 nitrogen and oxygen atoms in total. The van der Waals surface area contributed by atoms with Crippen LogP contribution in [0.5, 0.6) is 0 Å². The first-order valence-electron chi connectivity index (χ1n) is 12.6. The predicted molar refractivity (Wildman–Crippen MR) is 136 cm³/mol. The maximum Gasteiger partial charge on any atom is 0.498 e. The fraction of sp³-hybridized carbons (Fsp3) is 0.321. The van der Waals surface area contributed by atoms with Crippen molar-refractivity contribution < 1.29 is 41.6 Å². The maximum atomic E-state index is 14.8. The summed E-state index contributed by atoms with van der Waals surface area (Å²) < 4.78 is 53.3. The van der Waals surface area contributed by atoms with E-state index in [2.05, 4.69) is 9.94 Å². The number of hydrogen-bond acceptors (Lipinski definition) is 5. The minimum atomic E-state index is -5.32. The second-order valence-electron chi connectivity index (χ2n) is 9.70. The largest absolute Gasteiger partial charge is 0.498 e. The van der Waals surface area contributed by atoms with Gasteiger partial charge < -0.3 is 9.80 Å². The number of aromatic amines is 1. The lowest BCUT2D eigenvalue weighted by Gasteiger charge is -2.38. The van der Waals surface area contributed by atoms with Gasteiger partial charge in [-0.15, -0.1) is 0 Å². The third kappa shape index (κ3) is 6.28. The Morgan fingerprint density at radius 3 is 2.37 bits per heavy atom. The molecule has 1 atom stereocenters. The molecule has 0 radical (unpaired) electrons. The smallest absolute Gasteiger partial charge is 0.333 e. The van der Waals surface area contributed by atoms with Gasteiger partial charge in [0.1, 0.15) is 17.2 Å². The number of carbonyl (C=O) groups excluding carboxylic acids is 3. The van der Waals surface area contributed by atoms with E-state index in [-0.39, 0.29) is 66.0 Å². The van der Waals surface area contributed by atoms with Crippen molar-refractivity contribution in [3.05, 3.63) is 98.2 Å². The zero-order valence-corrected chi connectivity index (χ0v) is 22.4. The van der Waals surface area contributed by atoms with E-state index in [9.17, 15) is 36.7 Å². The van der Waals surface area contributed by atoms with Gasteiger partial charge >= 0.3 is 17.7 Å². The first kappa shape index (κ1) is 29.4. The quantitative estimate of drug-likeness (QED) is 0.360. The lowest BCUT2D eigenvalue weighted by molar-refractivity contribution is -0.921. The SMILES string of the molecule is Cc1c(C)c(=O)[nH][n+](OC(=O)C(F)(F)F)c1Cc1ccc(F)c(C(=O)N2CCN([C@H](C)c3ccccc3)C(=O)C2)c1. The number of aromatic nitrogens is 2. The molecule has 0 unspecified atom stereocenters. The highest BCUT2D eigenvalue weighted by Gasteiger charge is 2.46. The van der Waals surface area contributed by atoms with Crippen molar-refractivity contribution in [3.63, 3.8) is 0 Å². The standard InChI is InChI=1S/C28H26F4N4O5/c1-16-17(2)25(38)33-36(41-27(40)28(30,31)32)23(16)14-19-9-10-22(29)21(13-19)26(39)34-11-12-35(24(37)15-34)18(3)20-7-5-4-6-8-20/h4-10,13,18H,11-12,14-15H2,1-3H3/p+1/t18-/m1/s1. The predicted octanol–water partition coefficient (Wildman–Crippen LogP) is 2.57. The summed E-state index contributed by atoms with van der Waals surface area (Å²) in [6.07, 6.45) is -5.55. The highest BCUT2D eigenvalue weighted by atomic mass is 19.4. The Morgan fingerprint density at radius 1 is 1.05 bits per heavy atom. The summed E-state index contributed by atoms with van der Waals surface area (Å²) in [4.78, 5) is 57.4. The van der Waals surface area contributed by atoms with Gasteiger partial charge in [-0.25, -0.2) is 9.18 Å². The van der Waals surface area contributed by atoms with E-state index in [0.717, 1.165) is 11.6 Å². The van der Waals surface area contributed by atoms with Gasteiger partial charge in [0.15, 0.2) is 0 Å². The summed E-state index contributed by atoms with van der Waals surface area (Å²) in [6, 6.07) is 12.7. The van der Waals surface area contributed by atoms with Gasteiger partial charge in [0.25, 0.3) is 11.6 Å². The topological polar surface area (TPSA) is 104 Å². The van der Waals surface area contributed by atoms with Crippen molar-refractivity contribution in [2.45, 2.75) is 39.4 Å². The van der Waals surface area contributed by atoms with Crippen LogP contribution >= 0.6 is 0 Å². The Balaban J connectivity index is 1.57. The van der Waals surface area contributed by atoms with Gasteiger partial charge in [0.05, 0.1) is 18.0 Å². The molecule has 0 aliphatic carbocycles. The van der Waals surface area contributed by atoms with Gasteiger partial charge in [0.2, 0.25) is 5.91 Å². The van der Waals surface area contributed by atoms with Gasteiger partial charge in [0, 0.05) is 24.2 Å². The van der Waals surface area contributed by atoms with Gasteiger partial charge in [-0.2, -0.15) is 18.0 Å². The van der Waals surface area contributed by atoms with Gasteiger partial charge in [-0.1, -0.05) is 41.5 Å². The molecule has 2 amide bonds. The van der Waals surface area contributed by atoms with Crippen LogP contribution in [0, 0.1) is 19.7 Å². The van der Waals surface area contributed by atoms with Crippen LogP contribution in [0.4, 0.5) is 17.6 Å². The fourth-order valence-corrected chi connectivity index (χ4v) is 4.59. The molecular weight excluding hydrogens is 548 g/mol. The normalized spacial score (nSPS) is 14.7. The van der Waals surface area contributed by atoms with Crippen LogP contribution < -0.4 is 15.2 Å². The van der Waals surface area contributed by atoms with Crippen molar-refractivity contribution in [1.29, 1.82) is 0 Å². The molecule has 3 aromatic rings. The Hall–Kier alpha value is -4.55. The van der Waals surface area contributed by atoms with Gasteiger partial charge in [-0.3, -0.25) is 14.4 Å². The van der Waals surface area contributed by atoms with Crippen LogP contribution in [0.2, 0.25) is 0 Å². The number of H-pyrrole nitrogens is 1. The van der Waals surface area contributed by atoms with E-state index >= 15 is 0 Å². The number of benzene rings is 2. The summed E-state index contributed by atoms with van der Waals surface area (Å²) in [5, 5.41) is 2.07. The summed E-state index contributed by atoms with van der Waals surface area (Å²) in [7, 11) is 0. The maximum absolute atomic E-state index is 14.8. The number of piperazine rings is 1. The molecule has 4 rings (SSSR count). The molecule has 13 heteroatoms. The molecule has 1 aliphatic heterocycles. The van der Waals surface area contributed by atoms with Crippen LogP contribution in [0.3, 0.4) is 0 Å². The monoisotopic (exact) mass is 575 g/mol. The second-order valence-corrected chi connectivity index (χ2v) is 9.70. The minimum absolute atomic E-state index is 0.0246. The van der Waals surface area contributed by atoms with Crippen molar-refractivity contribution in [1.82, 2.24) is 14.9 Å². The van der Waals surface area contributed by atoms with E-state index < -0.39 is 29.4 Å². The summed E-state index contributed by atoms with van der Waals surface area (Å²) >= 11 is 0. The Kier molecular flexibility index (Phi) is 8.27. The van der Waals surface area contributed by atoms with Crippen LogP contribution in [0.15, 0.2) is 53.3 Å². The zero-order chi connectivity index (χ0) is 30.1. The lowest BCUT2D eigenvalue weighted by atomic mass is 10.0. The molecule has 1 aromatic heterocycles. The third-order valence-corrected chi connectivity index (χ3v) is 7.12. The second kappa shape index (κ2) is 11.5. The average Bonchev–Trinajstić information content (AvgIpc) is 2.94. The summed E-state index contributed by atoms with van der Waals surface area (Å²) in [5.41, 5.74) is 0.477. The van der Waals surface area contributed by atoms with Crippen molar-refractivity contribution >= 4 is 17.8 Å².